The van der Waals surface area contributed by atoms with E-state index >= 15 is 0 Å². The first-order chi connectivity index (χ1) is 7.75. The quantitative estimate of drug-likeness (QED) is 0.870. The highest BCUT2D eigenvalue weighted by Gasteiger charge is 2.36. The van der Waals surface area contributed by atoms with Crippen molar-refractivity contribution < 1.29 is 0 Å². The highest BCUT2D eigenvalue weighted by atomic mass is 35.5. The van der Waals surface area contributed by atoms with Crippen LogP contribution in [0.5, 0.6) is 0 Å². The van der Waals surface area contributed by atoms with Crippen LogP contribution in [-0.2, 0) is 0 Å². The number of halogens is 1. The summed E-state index contributed by atoms with van der Waals surface area (Å²) in [6, 6.07) is 2.45. The molecular weight excluding hydrogens is 242 g/mol. The molecule has 2 unspecified atom stereocenters. The van der Waals surface area contributed by atoms with Gasteiger partial charge in [0.25, 0.3) is 0 Å². The molecule has 2 N–H and O–H groups in total. The third kappa shape index (κ3) is 1.79. The first-order valence-electron chi connectivity index (χ1n) is 5.70. The topological polar surface area (TPSA) is 32.5 Å². The molecule has 0 aliphatic carbocycles. The summed E-state index contributed by atoms with van der Waals surface area (Å²) in [5.74, 6) is 0. The highest BCUT2D eigenvalue weighted by molar-refractivity contribution is 7.10. The zero-order valence-electron chi connectivity index (χ0n) is 9.10. The molecule has 2 bridgehead atoms. The molecule has 16 heavy (non-hydrogen) atoms. The summed E-state index contributed by atoms with van der Waals surface area (Å²) in [7, 11) is 0. The Labute approximate surface area is 105 Å². The van der Waals surface area contributed by atoms with Gasteiger partial charge in [-0.15, -0.1) is 11.3 Å². The first-order valence-corrected chi connectivity index (χ1v) is 6.96. The monoisotopic (exact) mass is 257 g/mol. The zero-order valence-corrected chi connectivity index (χ0v) is 10.7. The number of nitrogens with zero attached hydrogens (tertiary/aromatic N) is 2. The number of piperazine rings is 3. The molecule has 5 heteroatoms. The van der Waals surface area contributed by atoms with Crippen molar-refractivity contribution in [3.05, 3.63) is 21.3 Å². The van der Waals surface area contributed by atoms with Crippen LogP contribution in [-0.4, -0.2) is 48.6 Å². The minimum Gasteiger partial charge on any atom is -0.322 e. The number of hydrogen-bond donors (Lipinski definition) is 1. The van der Waals surface area contributed by atoms with E-state index in [1.165, 1.54) is 13.1 Å². The van der Waals surface area contributed by atoms with Crippen molar-refractivity contribution in [2.24, 2.45) is 5.73 Å². The van der Waals surface area contributed by atoms with Gasteiger partial charge in [-0.2, -0.15) is 0 Å². The van der Waals surface area contributed by atoms with Gasteiger partial charge in [0.2, 0.25) is 0 Å². The Bertz CT molecular complexity index is 373. The van der Waals surface area contributed by atoms with Gasteiger partial charge in [0.05, 0.1) is 11.1 Å². The van der Waals surface area contributed by atoms with Crippen LogP contribution in [0, 0.1) is 0 Å². The lowest BCUT2D eigenvalue weighted by Crippen LogP contribution is -2.63. The molecule has 3 fully saturated rings. The van der Waals surface area contributed by atoms with Gasteiger partial charge in [-0.1, -0.05) is 11.6 Å². The predicted octanol–water partition coefficient (Wildman–Crippen LogP) is 1.40. The summed E-state index contributed by atoms with van der Waals surface area (Å²) in [5, 5.41) is 2.85. The van der Waals surface area contributed by atoms with E-state index in [1.54, 1.807) is 11.3 Å². The molecule has 88 valence electrons. The minimum absolute atomic E-state index is 0.0654. The summed E-state index contributed by atoms with van der Waals surface area (Å²) in [4.78, 5) is 6.16. The molecule has 0 radical (unpaired) electrons. The van der Waals surface area contributed by atoms with Crippen LogP contribution in [0.3, 0.4) is 0 Å². The van der Waals surface area contributed by atoms with E-state index in [1.807, 2.05) is 11.4 Å². The standard InChI is InChI=1S/C11H16ClN3S/c12-8-1-6-16-11(8)10(13)9-7-14-2-4-15(9)5-3-14/h1,6,9-10H,2-5,7,13H2. The minimum atomic E-state index is 0.0654. The summed E-state index contributed by atoms with van der Waals surface area (Å²) in [6.45, 7) is 5.79. The second kappa shape index (κ2) is 4.27. The molecular formula is C11H16ClN3S. The Balaban J connectivity index is 1.80. The molecule has 2 atom stereocenters. The molecule has 3 aliphatic heterocycles. The van der Waals surface area contributed by atoms with E-state index in [2.05, 4.69) is 9.80 Å². The van der Waals surface area contributed by atoms with Gasteiger partial charge in [0, 0.05) is 43.6 Å². The van der Waals surface area contributed by atoms with Crippen LogP contribution < -0.4 is 5.73 Å². The first kappa shape index (κ1) is 11.0. The number of hydrogen-bond acceptors (Lipinski definition) is 4. The van der Waals surface area contributed by atoms with Crippen molar-refractivity contribution in [3.63, 3.8) is 0 Å². The highest BCUT2D eigenvalue weighted by Crippen LogP contribution is 2.33. The Hall–Kier alpha value is -0.130. The third-order valence-electron chi connectivity index (χ3n) is 3.68. The van der Waals surface area contributed by atoms with Gasteiger partial charge >= 0.3 is 0 Å². The smallest absolute Gasteiger partial charge is 0.0575 e. The predicted molar refractivity (Wildman–Crippen MR) is 68.1 cm³/mol. The van der Waals surface area contributed by atoms with Crippen LogP contribution in [0.2, 0.25) is 5.02 Å². The van der Waals surface area contributed by atoms with Gasteiger partial charge in [0.1, 0.15) is 0 Å². The van der Waals surface area contributed by atoms with Crippen molar-refractivity contribution >= 4 is 22.9 Å². The average Bonchev–Trinajstić information content (AvgIpc) is 2.76. The van der Waals surface area contributed by atoms with E-state index in [9.17, 15) is 0 Å². The fraction of sp³-hybridized carbons (Fsp3) is 0.636. The largest absolute Gasteiger partial charge is 0.322 e. The number of rotatable bonds is 2. The third-order valence-corrected chi connectivity index (χ3v) is 5.14. The second-order valence-corrected chi connectivity index (χ2v) is 5.92. The summed E-state index contributed by atoms with van der Waals surface area (Å²) < 4.78 is 0. The molecule has 3 aliphatic rings. The molecule has 3 nitrogen and oxygen atoms in total. The van der Waals surface area contributed by atoms with Crippen molar-refractivity contribution in [1.82, 2.24) is 9.80 Å². The molecule has 0 amide bonds. The molecule has 0 aromatic carbocycles. The van der Waals surface area contributed by atoms with Crippen LogP contribution in [0.4, 0.5) is 0 Å². The average molecular weight is 258 g/mol. The Morgan fingerprint density at radius 2 is 2.12 bits per heavy atom. The van der Waals surface area contributed by atoms with Crippen molar-refractivity contribution in [2.45, 2.75) is 12.1 Å². The summed E-state index contributed by atoms with van der Waals surface area (Å²) in [6.07, 6.45) is 0. The van der Waals surface area contributed by atoms with Crippen molar-refractivity contribution in [2.75, 3.05) is 32.7 Å². The molecule has 1 aromatic rings. The van der Waals surface area contributed by atoms with E-state index in [0.717, 1.165) is 29.5 Å². The normalized spacial score (nSPS) is 35.2. The van der Waals surface area contributed by atoms with Crippen LogP contribution in [0.15, 0.2) is 11.4 Å². The molecule has 3 saturated heterocycles. The van der Waals surface area contributed by atoms with Crippen LogP contribution >= 0.6 is 22.9 Å². The lowest BCUT2D eigenvalue weighted by Gasteiger charge is -2.49. The Morgan fingerprint density at radius 1 is 1.38 bits per heavy atom. The number of nitrogens with two attached hydrogens (primary N) is 1. The molecule has 4 rings (SSSR count). The van der Waals surface area contributed by atoms with Crippen molar-refractivity contribution in [1.29, 1.82) is 0 Å². The van der Waals surface area contributed by atoms with Gasteiger partial charge in [-0.25, -0.2) is 0 Å². The maximum atomic E-state index is 6.36. The van der Waals surface area contributed by atoms with E-state index in [4.69, 9.17) is 17.3 Å². The fourth-order valence-electron chi connectivity index (χ4n) is 2.72. The molecule has 0 spiro atoms. The van der Waals surface area contributed by atoms with Crippen LogP contribution in [0.25, 0.3) is 0 Å². The number of fused-ring (bicyclic) bond motifs is 3. The molecule has 1 aromatic heterocycles. The summed E-state index contributed by atoms with van der Waals surface area (Å²) in [5.41, 5.74) is 6.36. The molecule has 4 heterocycles. The molecule has 0 saturated carbocycles. The van der Waals surface area contributed by atoms with E-state index < -0.39 is 0 Å². The van der Waals surface area contributed by atoms with Gasteiger partial charge < -0.3 is 5.73 Å². The second-order valence-electron chi connectivity index (χ2n) is 4.56. The van der Waals surface area contributed by atoms with Crippen molar-refractivity contribution in [3.8, 4) is 0 Å². The Kier molecular flexibility index (Phi) is 2.94. The maximum Gasteiger partial charge on any atom is 0.0575 e. The van der Waals surface area contributed by atoms with Crippen LogP contribution in [0.1, 0.15) is 10.9 Å². The summed E-state index contributed by atoms with van der Waals surface area (Å²) >= 11 is 7.83. The zero-order chi connectivity index (χ0) is 11.1. The Morgan fingerprint density at radius 3 is 2.62 bits per heavy atom. The lowest BCUT2D eigenvalue weighted by molar-refractivity contribution is 0.00262. The maximum absolute atomic E-state index is 6.36. The van der Waals surface area contributed by atoms with E-state index in [0.29, 0.717) is 6.04 Å². The van der Waals surface area contributed by atoms with E-state index in [-0.39, 0.29) is 6.04 Å². The van der Waals surface area contributed by atoms with Gasteiger partial charge in [-0.05, 0) is 11.4 Å². The lowest BCUT2D eigenvalue weighted by atomic mass is 10.00. The SMILES string of the molecule is NC(c1sccc1Cl)C1CN2CCN1CC2. The van der Waals surface area contributed by atoms with Gasteiger partial charge in [0.15, 0.2) is 0 Å². The number of thiophene rings is 1. The fourth-order valence-corrected chi connectivity index (χ4v) is 3.96. The van der Waals surface area contributed by atoms with Gasteiger partial charge in [-0.3, -0.25) is 9.80 Å².